The average Bonchev–Trinajstić information content (AvgIpc) is 2.67. The molecule has 6 heteroatoms. The van der Waals surface area contributed by atoms with Gasteiger partial charge in [-0.05, 0) is 31.2 Å². The van der Waals surface area contributed by atoms with E-state index in [2.05, 4.69) is 45.2 Å². The van der Waals surface area contributed by atoms with Crippen LogP contribution < -0.4 is 16.0 Å². The van der Waals surface area contributed by atoms with Crippen LogP contribution >= 0.6 is 0 Å². The summed E-state index contributed by atoms with van der Waals surface area (Å²) in [4.78, 5) is 16.2. The maximum Gasteiger partial charge on any atom is 0.222 e. The van der Waals surface area contributed by atoms with E-state index >= 15 is 0 Å². The monoisotopic (exact) mass is 355 g/mol. The molecule has 0 aliphatic heterocycles. The van der Waals surface area contributed by atoms with Gasteiger partial charge in [0.25, 0.3) is 0 Å². The molecule has 0 atom stereocenters. The van der Waals surface area contributed by atoms with Gasteiger partial charge in [-0.1, -0.05) is 44.2 Å². The summed E-state index contributed by atoms with van der Waals surface area (Å²) >= 11 is 0. The zero-order valence-electron chi connectivity index (χ0n) is 15.9. The third-order valence-corrected chi connectivity index (χ3v) is 5.19. The fraction of sp³-hybridized carbons (Fsp3) is 0.550. The minimum atomic E-state index is -0.0455. The Morgan fingerprint density at radius 3 is 2.50 bits per heavy atom. The van der Waals surface area contributed by atoms with E-state index in [9.17, 15) is 4.79 Å². The van der Waals surface area contributed by atoms with Crippen LogP contribution in [0.4, 0.5) is 0 Å². The third-order valence-electron chi connectivity index (χ3n) is 5.19. The number of rotatable bonds is 5. The van der Waals surface area contributed by atoms with Crippen LogP contribution in [-0.2, 0) is 10.2 Å². The fourth-order valence-electron chi connectivity index (χ4n) is 3.54. The lowest BCUT2D eigenvalue weighted by Crippen LogP contribution is -2.49. The molecule has 3 N–H and O–H groups in total. The van der Waals surface area contributed by atoms with Crippen molar-refractivity contribution >= 4 is 11.9 Å². The number of hydrogen-bond donors (Lipinski definition) is 3. The van der Waals surface area contributed by atoms with Crippen molar-refractivity contribution in [1.29, 1.82) is 5.26 Å². The molecule has 1 amide bonds. The Bertz CT molecular complexity index is 655. The van der Waals surface area contributed by atoms with Gasteiger partial charge >= 0.3 is 0 Å². The van der Waals surface area contributed by atoms with E-state index in [1.807, 2.05) is 26.1 Å². The highest BCUT2D eigenvalue weighted by Gasteiger charge is 2.37. The number of aliphatic imine (C=N–C) groups is 1. The Hall–Kier alpha value is -2.55. The summed E-state index contributed by atoms with van der Waals surface area (Å²) in [5, 5.41) is 17.8. The molecule has 1 aliphatic rings. The van der Waals surface area contributed by atoms with Crippen molar-refractivity contribution < 1.29 is 4.79 Å². The number of benzene rings is 1. The van der Waals surface area contributed by atoms with Crippen molar-refractivity contribution in [1.82, 2.24) is 16.0 Å². The van der Waals surface area contributed by atoms with Gasteiger partial charge in [-0.25, -0.2) is 0 Å². The molecular weight excluding hydrogens is 326 g/mol. The molecule has 0 radical (unpaired) electrons. The number of amides is 1. The number of nitriles is 1. The van der Waals surface area contributed by atoms with Crippen LogP contribution in [0.15, 0.2) is 35.3 Å². The first-order valence-corrected chi connectivity index (χ1v) is 9.22. The van der Waals surface area contributed by atoms with Crippen LogP contribution in [0.1, 0.15) is 45.1 Å². The number of nitrogens with zero attached hydrogens (tertiary/aromatic N) is 2. The van der Waals surface area contributed by atoms with Crippen molar-refractivity contribution in [3.8, 4) is 6.19 Å². The van der Waals surface area contributed by atoms with E-state index in [-0.39, 0.29) is 23.3 Å². The Morgan fingerprint density at radius 1 is 1.31 bits per heavy atom. The molecule has 1 aromatic rings. The van der Waals surface area contributed by atoms with Gasteiger partial charge in [0, 0.05) is 31.0 Å². The minimum absolute atomic E-state index is 0.0128. The zero-order chi connectivity index (χ0) is 19.0. The molecule has 26 heavy (non-hydrogen) atoms. The van der Waals surface area contributed by atoms with Crippen LogP contribution in [0.5, 0.6) is 0 Å². The van der Waals surface area contributed by atoms with Gasteiger partial charge in [-0.15, -0.1) is 0 Å². The quantitative estimate of drug-likeness (QED) is 0.327. The predicted molar refractivity (Wildman–Crippen MR) is 103 cm³/mol. The van der Waals surface area contributed by atoms with Crippen molar-refractivity contribution in [2.75, 3.05) is 13.6 Å². The summed E-state index contributed by atoms with van der Waals surface area (Å²) in [7, 11) is 1.66. The molecule has 6 nitrogen and oxygen atoms in total. The minimum Gasteiger partial charge on any atom is -0.355 e. The van der Waals surface area contributed by atoms with Gasteiger partial charge in [-0.3, -0.25) is 15.1 Å². The first-order chi connectivity index (χ1) is 12.5. The van der Waals surface area contributed by atoms with Gasteiger partial charge in [0.2, 0.25) is 11.9 Å². The molecular formula is C20H29N5O. The molecule has 140 valence electrons. The molecule has 1 fully saturated rings. The van der Waals surface area contributed by atoms with Crippen LogP contribution in [0.3, 0.4) is 0 Å². The lowest BCUT2D eigenvalue weighted by Gasteiger charge is -2.41. The van der Waals surface area contributed by atoms with E-state index in [0.717, 1.165) is 25.7 Å². The van der Waals surface area contributed by atoms with E-state index in [1.54, 1.807) is 7.05 Å². The molecule has 1 aromatic carbocycles. The topological polar surface area (TPSA) is 89.3 Å². The van der Waals surface area contributed by atoms with Gasteiger partial charge in [0.1, 0.15) is 0 Å². The van der Waals surface area contributed by atoms with Gasteiger partial charge in [0.05, 0.1) is 0 Å². The van der Waals surface area contributed by atoms with E-state index in [0.29, 0.717) is 12.5 Å². The Labute approximate surface area is 156 Å². The first kappa shape index (κ1) is 19.8. The normalized spacial score (nSPS) is 23.2. The molecule has 0 spiro atoms. The standard InChI is InChI=1S/C20H29N5O/c1-15(2)18(26)23-13-20(16-7-5-4-6-8-16)11-9-17(10-12-20)25-19(22-3)24-14-21/h4-8,15,17H,9-13H2,1-3H3,(H,23,26)(H2,22,24,25). The number of guanidine groups is 1. The average molecular weight is 355 g/mol. The number of nitrogens with one attached hydrogen (secondary N) is 3. The van der Waals surface area contributed by atoms with Crippen molar-refractivity contribution in [3.63, 3.8) is 0 Å². The third kappa shape index (κ3) is 4.98. The van der Waals surface area contributed by atoms with Crippen molar-refractivity contribution in [2.24, 2.45) is 10.9 Å². The van der Waals surface area contributed by atoms with E-state index in [4.69, 9.17) is 5.26 Å². The van der Waals surface area contributed by atoms with Crippen molar-refractivity contribution in [3.05, 3.63) is 35.9 Å². The highest BCUT2D eigenvalue weighted by atomic mass is 16.1. The molecule has 0 saturated heterocycles. The lowest BCUT2D eigenvalue weighted by molar-refractivity contribution is -0.124. The van der Waals surface area contributed by atoms with Gasteiger partial charge in [-0.2, -0.15) is 5.26 Å². The van der Waals surface area contributed by atoms with Crippen LogP contribution in [0, 0.1) is 17.4 Å². The maximum atomic E-state index is 12.1. The molecule has 0 unspecified atom stereocenters. The number of carbonyl (C=O) groups is 1. The van der Waals surface area contributed by atoms with Crippen molar-refractivity contribution in [2.45, 2.75) is 51.0 Å². The number of carbonyl (C=O) groups excluding carboxylic acids is 1. The van der Waals surface area contributed by atoms with Gasteiger partial charge < -0.3 is 10.6 Å². The summed E-state index contributed by atoms with van der Waals surface area (Å²) in [6, 6.07) is 10.7. The van der Waals surface area contributed by atoms with Gasteiger partial charge in [0.15, 0.2) is 6.19 Å². The SMILES string of the molecule is CN=C(NC#N)NC1CCC(CNC(=O)C(C)C)(c2ccccc2)CC1. The van der Waals surface area contributed by atoms with E-state index in [1.165, 1.54) is 5.56 Å². The Morgan fingerprint density at radius 2 is 1.96 bits per heavy atom. The Kier molecular flexibility index (Phi) is 7.02. The second-order valence-corrected chi connectivity index (χ2v) is 7.25. The molecule has 0 bridgehead atoms. The largest absolute Gasteiger partial charge is 0.355 e. The summed E-state index contributed by atoms with van der Waals surface area (Å²) in [5.41, 5.74) is 1.23. The second-order valence-electron chi connectivity index (χ2n) is 7.25. The van der Waals surface area contributed by atoms with Crippen LogP contribution in [0.2, 0.25) is 0 Å². The maximum absolute atomic E-state index is 12.1. The highest BCUT2D eigenvalue weighted by Crippen LogP contribution is 2.39. The van der Waals surface area contributed by atoms with E-state index < -0.39 is 0 Å². The molecule has 0 aromatic heterocycles. The zero-order valence-corrected chi connectivity index (χ0v) is 15.9. The lowest BCUT2D eigenvalue weighted by atomic mass is 9.68. The fourth-order valence-corrected chi connectivity index (χ4v) is 3.54. The summed E-state index contributed by atoms with van der Waals surface area (Å²) in [5.74, 6) is 0.596. The van der Waals surface area contributed by atoms with Crippen LogP contribution in [0.25, 0.3) is 0 Å². The predicted octanol–water partition coefficient (Wildman–Crippen LogP) is 2.29. The molecule has 0 heterocycles. The summed E-state index contributed by atoms with van der Waals surface area (Å²) in [6.07, 6.45) is 5.75. The Balaban J connectivity index is 2.08. The summed E-state index contributed by atoms with van der Waals surface area (Å²) in [6.45, 7) is 4.49. The number of hydrogen-bond acceptors (Lipinski definition) is 3. The van der Waals surface area contributed by atoms with Crippen LogP contribution in [-0.4, -0.2) is 31.5 Å². The second kappa shape index (κ2) is 9.23. The summed E-state index contributed by atoms with van der Waals surface area (Å²) < 4.78 is 0. The molecule has 1 aliphatic carbocycles. The highest BCUT2D eigenvalue weighted by molar-refractivity contribution is 5.81. The first-order valence-electron chi connectivity index (χ1n) is 9.22. The molecule has 1 saturated carbocycles. The smallest absolute Gasteiger partial charge is 0.222 e. The molecule has 2 rings (SSSR count).